The van der Waals surface area contributed by atoms with Crippen molar-refractivity contribution in [2.45, 2.75) is 44.7 Å². The lowest BCUT2D eigenvalue weighted by atomic mass is 10.0. The van der Waals surface area contributed by atoms with Crippen molar-refractivity contribution in [3.63, 3.8) is 0 Å². The van der Waals surface area contributed by atoms with E-state index in [9.17, 15) is 9.18 Å². The first kappa shape index (κ1) is 20.5. The van der Waals surface area contributed by atoms with E-state index < -0.39 is 5.82 Å². The third kappa shape index (κ3) is 3.97. The standard InChI is InChI=1S/C25H27ClFN3O/c1-16-4-11-23(27)24-22(16)13-18(28-25(24)31)3-2-12-30-20-9-10-21(30)15-29(14-20)19-7-5-17(26)6-8-19/h4-8,11,13,20-21H,2-3,9-10,12,14-15H2,1H3,(H,28,31). The first-order valence-electron chi connectivity index (χ1n) is 11.1. The van der Waals surface area contributed by atoms with E-state index in [2.05, 4.69) is 26.9 Å². The number of halogens is 2. The molecule has 2 unspecified atom stereocenters. The fourth-order valence-electron chi connectivity index (χ4n) is 5.34. The van der Waals surface area contributed by atoms with E-state index in [1.54, 1.807) is 6.07 Å². The van der Waals surface area contributed by atoms with Crippen molar-refractivity contribution >= 4 is 28.1 Å². The molecule has 1 aromatic heterocycles. The van der Waals surface area contributed by atoms with Gasteiger partial charge in [0, 0.05) is 41.6 Å². The minimum atomic E-state index is -0.455. The fourth-order valence-corrected chi connectivity index (χ4v) is 5.46. The van der Waals surface area contributed by atoms with Crippen LogP contribution in [0.2, 0.25) is 5.02 Å². The first-order chi connectivity index (χ1) is 15.0. The Labute approximate surface area is 186 Å². The molecular formula is C25H27ClFN3O. The number of anilines is 1. The van der Waals surface area contributed by atoms with E-state index in [4.69, 9.17) is 11.6 Å². The lowest BCUT2D eigenvalue weighted by Gasteiger charge is -2.42. The molecule has 5 rings (SSSR count). The molecule has 1 N–H and O–H groups in total. The van der Waals surface area contributed by atoms with E-state index in [1.807, 2.05) is 25.1 Å². The van der Waals surface area contributed by atoms with Gasteiger partial charge in [0.25, 0.3) is 5.56 Å². The van der Waals surface area contributed by atoms with Gasteiger partial charge in [-0.3, -0.25) is 9.69 Å². The highest BCUT2D eigenvalue weighted by atomic mass is 35.5. The average molecular weight is 440 g/mol. The number of aryl methyl sites for hydroxylation is 2. The number of benzene rings is 2. The monoisotopic (exact) mass is 439 g/mol. The maximum Gasteiger partial charge on any atom is 0.259 e. The summed E-state index contributed by atoms with van der Waals surface area (Å²) < 4.78 is 14.1. The molecule has 2 saturated heterocycles. The van der Waals surface area contributed by atoms with E-state index in [0.29, 0.717) is 12.1 Å². The smallest absolute Gasteiger partial charge is 0.259 e. The van der Waals surface area contributed by atoms with E-state index >= 15 is 0 Å². The molecule has 3 aromatic rings. The largest absolute Gasteiger partial charge is 0.368 e. The highest BCUT2D eigenvalue weighted by Gasteiger charge is 2.39. The number of hydrogen-bond acceptors (Lipinski definition) is 3. The van der Waals surface area contributed by atoms with Crippen LogP contribution in [0.5, 0.6) is 0 Å². The Bertz CT molecular complexity index is 1150. The lowest BCUT2D eigenvalue weighted by Crippen LogP contribution is -2.54. The van der Waals surface area contributed by atoms with Crippen LogP contribution in [0.3, 0.4) is 0 Å². The molecule has 31 heavy (non-hydrogen) atoms. The number of nitrogens with zero attached hydrogens (tertiary/aromatic N) is 2. The van der Waals surface area contributed by atoms with Crippen LogP contribution in [0.4, 0.5) is 10.1 Å². The number of nitrogens with one attached hydrogen (secondary N) is 1. The molecule has 4 nitrogen and oxygen atoms in total. The number of rotatable bonds is 5. The normalized spacial score (nSPS) is 21.2. The topological polar surface area (TPSA) is 39.3 Å². The van der Waals surface area contributed by atoms with Crippen LogP contribution in [0.15, 0.2) is 47.3 Å². The predicted molar refractivity (Wildman–Crippen MR) is 125 cm³/mol. The van der Waals surface area contributed by atoms with Crippen molar-refractivity contribution in [1.29, 1.82) is 0 Å². The van der Waals surface area contributed by atoms with Gasteiger partial charge in [0.1, 0.15) is 5.82 Å². The van der Waals surface area contributed by atoms with Crippen molar-refractivity contribution in [2.75, 3.05) is 24.5 Å². The van der Waals surface area contributed by atoms with Gasteiger partial charge in [-0.1, -0.05) is 17.7 Å². The molecule has 0 radical (unpaired) electrons. The van der Waals surface area contributed by atoms with Gasteiger partial charge >= 0.3 is 0 Å². The molecule has 2 atom stereocenters. The summed E-state index contributed by atoms with van der Waals surface area (Å²) in [5, 5.41) is 1.66. The number of fused-ring (bicyclic) bond motifs is 3. The Morgan fingerprint density at radius 3 is 2.52 bits per heavy atom. The predicted octanol–water partition coefficient (Wildman–Crippen LogP) is 4.91. The molecule has 6 heteroatoms. The van der Waals surface area contributed by atoms with Gasteiger partial charge in [-0.15, -0.1) is 0 Å². The average Bonchev–Trinajstić information content (AvgIpc) is 2.98. The van der Waals surface area contributed by atoms with Crippen LogP contribution in [0.1, 0.15) is 30.5 Å². The highest BCUT2D eigenvalue weighted by Crippen LogP contribution is 2.33. The zero-order chi connectivity index (χ0) is 21.5. The van der Waals surface area contributed by atoms with Gasteiger partial charge in [0.05, 0.1) is 5.39 Å². The lowest BCUT2D eigenvalue weighted by molar-refractivity contribution is 0.167. The minimum Gasteiger partial charge on any atom is -0.368 e. The number of hydrogen-bond donors (Lipinski definition) is 1. The first-order valence-corrected chi connectivity index (χ1v) is 11.4. The molecule has 0 amide bonds. The minimum absolute atomic E-state index is 0.167. The molecule has 3 heterocycles. The third-order valence-electron chi connectivity index (χ3n) is 6.92. The van der Waals surface area contributed by atoms with Gasteiger partial charge in [0.15, 0.2) is 0 Å². The van der Waals surface area contributed by atoms with E-state index in [1.165, 1.54) is 24.6 Å². The molecule has 0 spiro atoms. The van der Waals surface area contributed by atoms with Gasteiger partial charge < -0.3 is 9.88 Å². The molecule has 162 valence electrons. The molecular weight excluding hydrogens is 413 g/mol. The van der Waals surface area contributed by atoms with Gasteiger partial charge in [0.2, 0.25) is 0 Å². The summed E-state index contributed by atoms with van der Waals surface area (Å²) in [5.41, 5.74) is 2.74. The number of piperazine rings is 1. The van der Waals surface area contributed by atoms with Crippen molar-refractivity contribution in [3.05, 3.63) is 74.9 Å². The van der Waals surface area contributed by atoms with Gasteiger partial charge in [-0.25, -0.2) is 4.39 Å². The summed E-state index contributed by atoms with van der Waals surface area (Å²) in [5.74, 6) is -0.455. The second-order valence-electron chi connectivity index (χ2n) is 8.88. The summed E-state index contributed by atoms with van der Waals surface area (Å²) in [4.78, 5) is 20.4. The second kappa shape index (κ2) is 8.29. The number of aromatic nitrogens is 1. The summed E-state index contributed by atoms with van der Waals surface area (Å²) in [6.45, 7) is 5.03. The Morgan fingerprint density at radius 1 is 1.10 bits per heavy atom. The Balaban J connectivity index is 1.24. The Kier molecular flexibility index (Phi) is 5.49. The Morgan fingerprint density at radius 2 is 1.81 bits per heavy atom. The summed E-state index contributed by atoms with van der Waals surface area (Å²) in [7, 11) is 0. The molecule has 2 bridgehead atoms. The zero-order valence-electron chi connectivity index (χ0n) is 17.7. The summed E-state index contributed by atoms with van der Waals surface area (Å²) in [6.07, 6.45) is 4.24. The summed E-state index contributed by atoms with van der Waals surface area (Å²) in [6, 6.07) is 14.3. The van der Waals surface area contributed by atoms with Crippen molar-refractivity contribution < 1.29 is 4.39 Å². The summed E-state index contributed by atoms with van der Waals surface area (Å²) >= 11 is 6.04. The van der Waals surface area contributed by atoms with Crippen LogP contribution in [-0.2, 0) is 6.42 Å². The van der Waals surface area contributed by atoms with E-state index in [-0.39, 0.29) is 10.9 Å². The highest BCUT2D eigenvalue weighted by molar-refractivity contribution is 6.30. The van der Waals surface area contributed by atoms with Gasteiger partial charge in [-0.05, 0) is 86.5 Å². The van der Waals surface area contributed by atoms with Crippen LogP contribution in [0, 0.1) is 12.7 Å². The third-order valence-corrected chi connectivity index (χ3v) is 7.17. The second-order valence-corrected chi connectivity index (χ2v) is 9.32. The van der Waals surface area contributed by atoms with Crippen LogP contribution < -0.4 is 10.5 Å². The molecule has 2 fully saturated rings. The van der Waals surface area contributed by atoms with Crippen LogP contribution >= 0.6 is 11.6 Å². The number of aromatic amines is 1. The molecule has 2 aliphatic rings. The van der Waals surface area contributed by atoms with E-state index in [0.717, 1.165) is 54.1 Å². The number of pyridine rings is 1. The maximum atomic E-state index is 14.1. The molecule has 2 aromatic carbocycles. The molecule has 2 aliphatic heterocycles. The maximum absolute atomic E-state index is 14.1. The SMILES string of the molecule is Cc1ccc(F)c2c(=O)[nH]c(CCCN3C4CCC3CN(c3ccc(Cl)cc3)C4)cc12. The molecule has 0 saturated carbocycles. The zero-order valence-corrected chi connectivity index (χ0v) is 18.5. The van der Waals surface area contributed by atoms with Gasteiger partial charge in [-0.2, -0.15) is 0 Å². The fraction of sp³-hybridized carbons (Fsp3) is 0.400. The van der Waals surface area contributed by atoms with Crippen LogP contribution in [-0.4, -0.2) is 41.6 Å². The van der Waals surface area contributed by atoms with Crippen LogP contribution in [0.25, 0.3) is 10.8 Å². The van der Waals surface area contributed by atoms with Crippen molar-refractivity contribution in [2.24, 2.45) is 0 Å². The molecule has 0 aliphatic carbocycles. The van der Waals surface area contributed by atoms with Crippen molar-refractivity contribution in [3.8, 4) is 0 Å². The van der Waals surface area contributed by atoms with Crippen molar-refractivity contribution in [1.82, 2.24) is 9.88 Å². The Hall–Kier alpha value is -2.37. The quantitative estimate of drug-likeness (QED) is 0.613. The number of H-pyrrole nitrogens is 1.